The van der Waals surface area contributed by atoms with Crippen LogP contribution in [0.2, 0.25) is 0 Å². The van der Waals surface area contributed by atoms with Gasteiger partial charge in [-0.3, -0.25) is 0 Å². The summed E-state index contributed by atoms with van der Waals surface area (Å²) >= 11 is 0. The zero-order chi connectivity index (χ0) is 25.8. The van der Waals surface area contributed by atoms with Gasteiger partial charge in [-0.15, -0.1) is 0 Å². The van der Waals surface area contributed by atoms with E-state index in [4.69, 9.17) is 0 Å². The Bertz CT molecular complexity index is 712. The molecule has 0 heterocycles. The van der Waals surface area contributed by atoms with E-state index < -0.39 is 0 Å². The fourth-order valence-corrected chi connectivity index (χ4v) is 5.45. The Hall–Kier alpha value is -1.70. The molecule has 2 heteroatoms. The van der Waals surface area contributed by atoms with Crippen LogP contribution < -0.4 is 9.80 Å². The van der Waals surface area contributed by atoms with Crippen LogP contribution in [-0.4, -0.2) is 26.2 Å². The molecule has 2 aromatic carbocycles. The first-order chi connectivity index (χ1) is 17.8. The molecule has 0 amide bonds. The molecule has 0 aromatic heterocycles. The Labute approximate surface area is 224 Å². The molecule has 0 fully saturated rings. The average molecular weight is 495 g/mol. The molecule has 0 spiro atoms. The van der Waals surface area contributed by atoms with Gasteiger partial charge in [0.15, 0.2) is 0 Å². The summed E-state index contributed by atoms with van der Waals surface area (Å²) < 4.78 is 0. The van der Waals surface area contributed by atoms with Gasteiger partial charge in [0.2, 0.25) is 0 Å². The van der Waals surface area contributed by atoms with Gasteiger partial charge in [0, 0.05) is 42.9 Å². The number of benzene rings is 2. The van der Waals surface area contributed by atoms with Gasteiger partial charge in [-0.2, -0.15) is 0 Å². The van der Waals surface area contributed by atoms with E-state index in [-0.39, 0.29) is 0 Å². The summed E-state index contributed by atoms with van der Waals surface area (Å²) in [5.74, 6) is 0. The van der Waals surface area contributed by atoms with Gasteiger partial charge in [-0.25, -0.2) is 0 Å². The largest absolute Gasteiger partial charge is 0.371 e. The van der Waals surface area contributed by atoms with Gasteiger partial charge >= 0.3 is 0 Å². The van der Waals surface area contributed by atoms with E-state index >= 15 is 0 Å². The molecular formula is C34H58N2. The monoisotopic (exact) mass is 494 g/mol. The first-order valence-corrected chi connectivity index (χ1v) is 15.8. The number of hydrogen-bond acceptors (Lipinski definition) is 2. The number of unbranched alkanes of at least 4 members (excludes halogenated alkanes) is 12. The molecule has 204 valence electrons. The first kappa shape index (κ1) is 30.5. The van der Waals surface area contributed by atoms with Gasteiger partial charge < -0.3 is 9.80 Å². The summed E-state index contributed by atoms with van der Waals surface area (Å²) in [5, 5.41) is 2.90. The molecule has 0 N–H and O–H groups in total. The highest BCUT2D eigenvalue weighted by atomic mass is 15.1. The molecular weight excluding hydrogens is 436 g/mol. The number of fused-ring (bicyclic) bond motifs is 1. The van der Waals surface area contributed by atoms with Crippen molar-refractivity contribution in [3.8, 4) is 0 Å². The van der Waals surface area contributed by atoms with Gasteiger partial charge in [0.05, 0.1) is 0 Å². The third-order valence-corrected chi connectivity index (χ3v) is 7.67. The summed E-state index contributed by atoms with van der Waals surface area (Å²) in [6, 6.07) is 14.1. The lowest BCUT2D eigenvalue weighted by molar-refractivity contribution is 0.607. The topological polar surface area (TPSA) is 6.48 Å². The van der Waals surface area contributed by atoms with Gasteiger partial charge in [0.1, 0.15) is 0 Å². The Balaban J connectivity index is 2.36. The lowest BCUT2D eigenvalue weighted by Gasteiger charge is -2.31. The normalized spacial score (nSPS) is 11.3. The molecule has 0 saturated carbocycles. The zero-order valence-electron chi connectivity index (χ0n) is 24.5. The molecule has 2 nitrogen and oxygen atoms in total. The highest BCUT2D eigenvalue weighted by Crippen LogP contribution is 2.36. The van der Waals surface area contributed by atoms with E-state index in [0.717, 1.165) is 0 Å². The third-order valence-electron chi connectivity index (χ3n) is 7.67. The lowest BCUT2D eigenvalue weighted by atomic mass is 10.0. The molecule has 36 heavy (non-hydrogen) atoms. The van der Waals surface area contributed by atoms with Crippen molar-refractivity contribution in [2.24, 2.45) is 0 Å². The average Bonchev–Trinajstić information content (AvgIpc) is 2.91. The SMILES string of the molecule is CCCCCCN(CCCCCC)c1cccc2cccc(N(CCCCCC)CCCCCC)c12. The molecule has 0 bridgehead atoms. The second-order valence-electron chi connectivity index (χ2n) is 10.9. The van der Waals surface area contributed by atoms with Crippen LogP contribution in [-0.2, 0) is 0 Å². The first-order valence-electron chi connectivity index (χ1n) is 15.8. The van der Waals surface area contributed by atoms with Crippen molar-refractivity contribution in [2.45, 2.75) is 130 Å². The molecule has 0 aliphatic rings. The quantitative estimate of drug-likeness (QED) is 0.150. The van der Waals surface area contributed by atoms with E-state index in [1.165, 1.54) is 151 Å². The predicted molar refractivity (Wildman–Crippen MR) is 165 cm³/mol. The minimum absolute atomic E-state index is 1.19. The van der Waals surface area contributed by atoms with Crippen LogP contribution in [0.1, 0.15) is 130 Å². The van der Waals surface area contributed by atoms with Crippen LogP contribution in [0.4, 0.5) is 11.4 Å². The van der Waals surface area contributed by atoms with Crippen molar-refractivity contribution in [1.82, 2.24) is 0 Å². The predicted octanol–water partition coefficient (Wildman–Crippen LogP) is 10.8. The number of rotatable bonds is 22. The number of hydrogen-bond donors (Lipinski definition) is 0. The fourth-order valence-electron chi connectivity index (χ4n) is 5.45. The van der Waals surface area contributed by atoms with Gasteiger partial charge in [-0.1, -0.05) is 129 Å². The Morgan fingerprint density at radius 3 is 1.06 bits per heavy atom. The highest BCUT2D eigenvalue weighted by Gasteiger charge is 2.16. The molecule has 2 aromatic rings. The molecule has 0 radical (unpaired) electrons. The smallest absolute Gasteiger partial charge is 0.0466 e. The maximum atomic E-state index is 2.74. The number of nitrogens with zero attached hydrogens (tertiary/aromatic N) is 2. The van der Waals surface area contributed by atoms with Crippen LogP contribution in [0.25, 0.3) is 10.8 Å². The van der Waals surface area contributed by atoms with Crippen molar-refractivity contribution in [3.05, 3.63) is 36.4 Å². The summed E-state index contributed by atoms with van der Waals surface area (Å²) in [6.45, 7) is 14.0. The third kappa shape index (κ3) is 10.7. The lowest BCUT2D eigenvalue weighted by Crippen LogP contribution is -2.28. The molecule has 0 aliphatic heterocycles. The van der Waals surface area contributed by atoms with Gasteiger partial charge in [0.25, 0.3) is 0 Å². The van der Waals surface area contributed by atoms with E-state index in [1.54, 1.807) is 0 Å². The van der Waals surface area contributed by atoms with E-state index in [2.05, 4.69) is 73.9 Å². The van der Waals surface area contributed by atoms with Crippen molar-refractivity contribution in [2.75, 3.05) is 36.0 Å². The van der Waals surface area contributed by atoms with Crippen molar-refractivity contribution < 1.29 is 0 Å². The Morgan fingerprint density at radius 2 is 0.750 bits per heavy atom. The second-order valence-corrected chi connectivity index (χ2v) is 10.9. The molecule has 0 unspecified atom stereocenters. The summed E-state index contributed by atoms with van der Waals surface area (Å²) in [5.41, 5.74) is 2.95. The maximum Gasteiger partial charge on any atom is 0.0466 e. The van der Waals surface area contributed by atoms with Crippen molar-refractivity contribution in [3.63, 3.8) is 0 Å². The van der Waals surface area contributed by atoms with Crippen LogP contribution in [0, 0.1) is 0 Å². The van der Waals surface area contributed by atoms with Crippen molar-refractivity contribution in [1.29, 1.82) is 0 Å². The minimum Gasteiger partial charge on any atom is -0.371 e. The summed E-state index contributed by atoms with van der Waals surface area (Å²) in [7, 11) is 0. The fraction of sp³-hybridized carbons (Fsp3) is 0.706. The highest BCUT2D eigenvalue weighted by molar-refractivity contribution is 6.03. The minimum atomic E-state index is 1.19. The Kier molecular flexibility index (Phi) is 16.5. The molecule has 0 atom stereocenters. The van der Waals surface area contributed by atoms with Crippen LogP contribution in [0.5, 0.6) is 0 Å². The van der Waals surface area contributed by atoms with Gasteiger partial charge in [-0.05, 0) is 43.2 Å². The van der Waals surface area contributed by atoms with E-state index in [0.29, 0.717) is 0 Å². The van der Waals surface area contributed by atoms with Crippen molar-refractivity contribution >= 4 is 22.1 Å². The van der Waals surface area contributed by atoms with Crippen LogP contribution in [0.3, 0.4) is 0 Å². The summed E-state index contributed by atoms with van der Waals surface area (Å²) in [4.78, 5) is 5.48. The van der Waals surface area contributed by atoms with E-state index in [9.17, 15) is 0 Å². The zero-order valence-corrected chi connectivity index (χ0v) is 24.5. The number of anilines is 2. The molecule has 0 aliphatic carbocycles. The molecule has 2 rings (SSSR count). The second kappa shape index (κ2) is 19.4. The maximum absolute atomic E-state index is 2.74. The van der Waals surface area contributed by atoms with E-state index in [1.807, 2.05) is 0 Å². The standard InChI is InChI=1S/C34H58N2/c1-5-9-13-17-27-35(28-18-14-10-6-2)32-25-21-23-31-24-22-26-33(34(31)32)36(29-19-15-11-7-3)30-20-16-12-8-4/h21-26H,5-20,27-30H2,1-4H3. The Morgan fingerprint density at radius 1 is 0.417 bits per heavy atom. The van der Waals surface area contributed by atoms with Crippen LogP contribution in [0.15, 0.2) is 36.4 Å². The molecule has 0 saturated heterocycles. The van der Waals surface area contributed by atoms with Crippen LogP contribution >= 0.6 is 0 Å². The summed E-state index contributed by atoms with van der Waals surface area (Å²) in [6.07, 6.45) is 21.2.